The Balaban J connectivity index is 1.32. The normalized spacial score (nSPS) is 11.1. The molecule has 3 heterocycles. The molecular formula is C25H22N4OS2. The average Bonchev–Trinajstić information content (AvgIpc) is 3.60. The zero-order chi connectivity index (χ0) is 21.6. The van der Waals surface area contributed by atoms with Gasteiger partial charge in [-0.3, -0.25) is 0 Å². The monoisotopic (exact) mass is 458 g/mol. The molecule has 0 spiro atoms. The molecule has 0 aliphatic carbocycles. The van der Waals surface area contributed by atoms with Crippen LogP contribution in [0, 0.1) is 0 Å². The van der Waals surface area contributed by atoms with Crippen molar-refractivity contribution in [3.05, 3.63) is 106 Å². The number of nitrogens with zero attached hydrogens (tertiary/aromatic N) is 4. The third-order valence-electron chi connectivity index (χ3n) is 5.09. The van der Waals surface area contributed by atoms with Gasteiger partial charge < -0.3 is 8.98 Å². The van der Waals surface area contributed by atoms with E-state index in [-0.39, 0.29) is 0 Å². The average molecular weight is 459 g/mol. The van der Waals surface area contributed by atoms with Crippen LogP contribution in [0.3, 0.4) is 0 Å². The highest BCUT2D eigenvalue weighted by Crippen LogP contribution is 2.26. The van der Waals surface area contributed by atoms with Crippen LogP contribution in [-0.4, -0.2) is 19.7 Å². The summed E-state index contributed by atoms with van der Waals surface area (Å²) in [4.78, 5) is 5.93. The smallest absolute Gasteiger partial charge is 0.226 e. The Morgan fingerprint density at radius 2 is 1.72 bits per heavy atom. The number of thioether (sulfide) groups is 1. The number of aryl methyl sites for hydroxylation is 1. The maximum Gasteiger partial charge on any atom is 0.226 e. The lowest BCUT2D eigenvalue weighted by Crippen LogP contribution is -2.08. The quantitative estimate of drug-likeness (QED) is 0.249. The fraction of sp³-hybridized carbons (Fsp3) is 0.160. The first-order chi connectivity index (χ1) is 15.8. The number of hydrogen-bond donors (Lipinski definition) is 0. The van der Waals surface area contributed by atoms with Gasteiger partial charge in [0.25, 0.3) is 0 Å². The van der Waals surface area contributed by atoms with E-state index in [9.17, 15) is 0 Å². The van der Waals surface area contributed by atoms with Crippen LogP contribution in [-0.2, 0) is 25.1 Å². The van der Waals surface area contributed by atoms with Crippen LogP contribution in [0.4, 0.5) is 0 Å². The summed E-state index contributed by atoms with van der Waals surface area (Å²) >= 11 is 3.40. The van der Waals surface area contributed by atoms with Gasteiger partial charge in [-0.1, -0.05) is 66.4 Å². The van der Waals surface area contributed by atoms with Crippen molar-refractivity contribution < 1.29 is 4.42 Å². The molecule has 0 fully saturated rings. The van der Waals surface area contributed by atoms with Gasteiger partial charge in [0.2, 0.25) is 5.89 Å². The minimum Gasteiger partial charge on any atom is -0.444 e. The molecule has 32 heavy (non-hydrogen) atoms. The van der Waals surface area contributed by atoms with Crippen LogP contribution in [0.1, 0.15) is 22.0 Å². The largest absolute Gasteiger partial charge is 0.444 e. The molecule has 0 bridgehead atoms. The molecule has 0 aliphatic rings. The molecule has 0 unspecified atom stereocenters. The van der Waals surface area contributed by atoms with Crippen LogP contribution in [0.15, 0.2) is 94.0 Å². The first-order valence-corrected chi connectivity index (χ1v) is 12.3. The minimum atomic E-state index is 0.644. The van der Waals surface area contributed by atoms with E-state index in [0.717, 1.165) is 41.6 Å². The second-order valence-corrected chi connectivity index (χ2v) is 9.32. The zero-order valence-electron chi connectivity index (χ0n) is 17.4. The van der Waals surface area contributed by atoms with Crippen molar-refractivity contribution in [1.82, 2.24) is 19.7 Å². The molecule has 7 heteroatoms. The second-order valence-electron chi connectivity index (χ2n) is 7.34. The zero-order valence-corrected chi connectivity index (χ0v) is 19.1. The minimum absolute atomic E-state index is 0.644. The van der Waals surface area contributed by atoms with Gasteiger partial charge in [0.1, 0.15) is 12.1 Å². The standard InChI is InChI=1S/C25H22N4OS2/c1-3-8-19(9-4-1)13-14-29-23(16-22-12-7-15-31-22)27-28-25(29)32-18-21-17-30-24(26-21)20-10-5-2-6-11-20/h1-12,15,17H,13-14,16,18H2. The Kier molecular flexibility index (Phi) is 6.46. The van der Waals surface area contributed by atoms with Crippen LogP contribution >= 0.6 is 23.1 Å². The van der Waals surface area contributed by atoms with Gasteiger partial charge in [-0.2, -0.15) is 0 Å². The first kappa shape index (κ1) is 20.7. The van der Waals surface area contributed by atoms with E-state index in [1.807, 2.05) is 36.4 Å². The highest BCUT2D eigenvalue weighted by molar-refractivity contribution is 7.98. The molecule has 160 valence electrons. The van der Waals surface area contributed by atoms with Crippen molar-refractivity contribution in [3.63, 3.8) is 0 Å². The molecule has 0 saturated carbocycles. The Labute approximate surface area is 195 Å². The van der Waals surface area contributed by atoms with Gasteiger partial charge >= 0.3 is 0 Å². The van der Waals surface area contributed by atoms with E-state index < -0.39 is 0 Å². The summed E-state index contributed by atoms with van der Waals surface area (Å²) in [7, 11) is 0. The van der Waals surface area contributed by atoms with Crippen LogP contribution < -0.4 is 0 Å². The van der Waals surface area contributed by atoms with Crippen molar-refractivity contribution in [2.24, 2.45) is 0 Å². The number of rotatable bonds is 9. The lowest BCUT2D eigenvalue weighted by molar-refractivity contribution is 0.573. The van der Waals surface area contributed by atoms with E-state index in [2.05, 4.69) is 61.5 Å². The summed E-state index contributed by atoms with van der Waals surface area (Å²) in [6.45, 7) is 0.841. The molecule has 3 aromatic heterocycles. The van der Waals surface area contributed by atoms with Crippen LogP contribution in [0.5, 0.6) is 0 Å². The van der Waals surface area contributed by atoms with Crippen molar-refractivity contribution in [2.75, 3.05) is 0 Å². The van der Waals surface area contributed by atoms with Gasteiger partial charge in [-0.05, 0) is 35.6 Å². The summed E-state index contributed by atoms with van der Waals surface area (Å²) in [5, 5.41) is 12.0. The van der Waals surface area contributed by atoms with Crippen LogP contribution in [0.2, 0.25) is 0 Å². The Bertz CT molecular complexity index is 1250. The molecule has 0 aliphatic heterocycles. The number of thiophene rings is 1. The molecule has 2 aromatic carbocycles. The molecule has 5 nitrogen and oxygen atoms in total. The molecule has 0 N–H and O–H groups in total. The Morgan fingerprint density at radius 3 is 2.50 bits per heavy atom. The summed E-state index contributed by atoms with van der Waals surface area (Å²) in [5.41, 5.74) is 3.18. The van der Waals surface area contributed by atoms with Gasteiger partial charge in [0, 0.05) is 29.2 Å². The lowest BCUT2D eigenvalue weighted by Gasteiger charge is -2.10. The first-order valence-electron chi connectivity index (χ1n) is 10.5. The lowest BCUT2D eigenvalue weighted by atomic mass is 10.1. The fourth-order valence-corrected chi connectivity index (χ4v) is 5.02. The Morgan fingerprint density at radius 1 is 0.906 bits per heavy atom. The maximum atomic E-state index is 5.68. The van der Waals surface area contributed by atoms with Gasteiger partial charge in [0.15, 0.2) is 5.16 Å². The highest BCUT2D eigenvalue weighted by Gasteiger charge is 2.15. The van der Waals surface area contributed by atoms with E-state index in [1.165, 1.54) is 10.4 Å². The van der Waals surface area contributed by atoms with E-state index in [0.29, 0.717) is 11.6 Å². The van der Waals surface area contributed by atoms with Crippen molar-refractivity contribution >= 4 is 23.1 Å². The molecule has 0 amide bonds. The molecule has 0 atom stereocenters. The predicted octanol–water partition coefficient (Wildman–Crippen LogP) is 6.12. The Hall–Kier alpha value is -3.16. The van der Waals surface area contributed by atoms with Gasteiger partial charge in [-0.25, -0.2) is 4.98 Å². The topological polar surface area (TPSA) is 56.7 Å². The third kappa shape index (κ3) is 5.00. The predicted molar refractivity (Wildman–Crippen MR) is 129 cm³/mol. The highest BCUT2D eigenvalue weighted by atomic mass is 32.2. The molecule has 0 saturated heterocycles. The van der Waals surface area contributed by atoms with E-state index >= 15 is 0 Å². The van der Waals surface area contributed by atoms with Crippen molar-refractivity contribution in [2.45, 2.75) is 30.3 Å². The SMILES string of the molecule is c1ccc(CCn2c(Cc3cccs3)nnc2SCc2coc(-c3ccccc3)n2)cc1. The summed E-state index contributed by atoms with van der Waals surface area (Å²) in [5.74, 6) is 2.32. The number of aromatic nitrogens is 4. The second kappa shape index (κ2) is 9.97. The molecular weight excluding hydrogens is 436 g/mol. The van der Waals surface area contributed by atoms with E-state index in [1.54, 1.807) is 29.4 Å². The van der Waals surface area contributed by atoms with Gasteiger partial charge in [0.05, 0.1) is 5.69 Å². The molecule has 5 rings (SSSR count). The third-order valence-corrected chi connectivity index (χ3v) is 6.97. The molecule has 0 radical (unpaired) electrons. The number of benzene rings is 2. The number of oxazole rings is 1. The van der Waals surface area contributed by atoms with Crippen molar-refractivity contribution in [1.29, 1.82) is 0 Å². The summed E-state index contributed by atoms with van der Waals surface area (Å²) in [6.07, 6.45) is 3.46. The molecule has 5 aromatic rings. The van der Waals surface area contributed by atoms with E-state index in [4.69, 9.17) is 4.42 Å². The van der Waals surface area contributed by atoms with Crippen molar-refractivity contribution in [3.8, 4) is 11.5 Å². The summed E-state index contributed by atoms with van der Waals surface area (Å²) in [6, 6.07) is 24.7. The maximum absolute atomic E-state index is 5.68. The number of hydrogen-bond acceptors (Lipinski definition) is 6. The van der Waals surface area contributed by atoms with Gasteiger partial charge in [-0.15, -0.1) is 21.5 Å². The fourth-order valence-electron chi connectivity index (χ4n) is 3.46. The van der Waals surface area contributed by atoms with Crippen LogP contribution in [0.25, 0.3) is 11.5 Å². The summed E-state index contributed by atoms with van der Waals surface area (Å²) < 4.78 is 7.93.